The third kappa shape index (κ3) is 5.78. The van der Waals surface area contributed by atoms with Crippen LogP contribution < -0.4 is 14.8 Å². The van der Waals surface area contributed by atoms with Gasteiger partial charge in [-0.1, -0.05) is 23.7 Å². The number of amides is 1. The smallest absolute Gasteiger partial charge is 0.261 e. The molecule has 2 aliphatic heterocycles. The van der Waals surface area contributed by atoms with Crippen LogP contribution in [-0.2, 0) is 26.1 Å². The molecule has 1 fully saturated rings. The van der Waals surface area contributed by atoms with Crippen molar-refractivity contribution in [2.75, 3.05) is 11.3 Å². The van der Waals surface area contributed by atoms with E-state index in [2.05, 4.69) is 10.0 Å². The van der Waals surface area contributed by atoms with E-state index in [0.29, 0.717) is 29.4 Å². The number of hydrogen-bond donors (Lipinski definition) is 3. The van der Waals surface area contributed by atoms with Gasteiger partial charge in [0.05, 0.1) is 24.0 Å². The molecule has 1 amide bonds. The highest BCUT2D eigenvalue weighted by atomic mass is 35.5. The van der Waals surface area contributed by atoms with Crippen LogP contribution in [0.5, 0.6) is 5.75 Å². The minimum Gasteiger partial charge on any atom is -0.487 e. The Morgan fingerprint density at radius 2 is 1.82 bits per heavy atom. The Morgan fingerprint density at radius 1 is 1.08 bits per heavy atom. The number of fused-ring (bicyclic) bond motifs is 3. The zero-order chi connectivity index (χ0) is 26.9. The number of sulfonamides is 1. The first-order valence-electron chi connectivity index (χ1n) is 12.1. The number of carbonyl (C=O) groups excluding carboxylic acids is 1. The molecule has 1 saturated heterocycles. The molecule has 38 heavy (non-hydrogen) atoms. The minimum atomic E-state index is -3.93. The summed E-state index contributed by atoms with van der Waals surface area (Å²) < 4.78 is 53.4. The Morgan fingerprint density at radius 3 is 2.53 bits per heavy atom. The summed E-state index contributed by atoms with van der Waals surface area (Å²) in [5.41, 5.74) is 2.00. The zero-order valence-electron chi connectivity index (χ0n) is 20.1. The van der Waals surface area contributed by atoms with Crippen molar-refractivity contribution in [2.24, 2.45) is 0 Å². The molecule has 0 aromatic heterocycles. The molecular formula is C27H26ClFN2O6S. The molecule has 11 heteroatoms. The van der Waals surface area contributed by atoms with Crippen LogP contribution in [0.1, 0.15) is 29.9 Å². The standard InChI is InChI=1S/C27H26ClFN2O6S/c28-17-3-1-16(2-4-17)14-30-26(33)13-20-12-23-22-11-19(7-10-24(22)37-27(23)25(15-32)36-20)31-38(34,35)21-8-5-18(29)6-9-21/h1-11,20,23,25,27,31-32H,12-15H2,(H,30,33)/t20-,23-,25-,27+/m1/s1. The number of rotatable bonds is 8. The third-order valence-corrected chi connectivity index (χ3v) is 8.34. The lowest BCUT2D eigenvalue weighted by Gasteiger charge is -2.37. The van der Waals surface area contributed by atoms with Crippen molar-refractivity contribution in [1.29, 1.82) is 0 Å². The second-order valence-corrected chi connectivity index (χ2v) is 11.4. The average molecular weight is 561 g/mol. The van der Waals surface area contributed by atoms with Gasteiger partial charge in [0.25, 0.3) is 10.0 Å². The van der Waals surface area contributed by atoms with Crippen LogP contribution in [0.4, 0.5) is 10.1 Å². The summed E-state index contributed by atoms with van der Waals surface area (Å²) >= 11 is 5.90. The third-order valence-electron chi connectivity index (χ3n) is 6.69. The molecule has 4 atom stereocenters. The van der Waals surface area contributed by atoms with Gasteiger partial charge >= 0.3 is 0 Å². The number of anilines is 1. The van der Waals surface area contributed by atoms with Gasteiger partial charge in [-0.2, -0.15) is 0 Å². The quantitative estimate of drug-likeness (QED) is 0.384. The van der Waals surface area contributed by atoms with E-state index >= 15 is 0 Å². The van der Waals surface area contributed by atoms with Crippen molar-refractivity contribution < 1.29 is 32.2 Å². The monoisotopic (exact) mass is 560 g/mol. The molecule has 0 saturated carbocycles. The number of hydrogen-bond acceptors (Lipinski definition) is 6. The molecule has 3 N–H and O–H groups in total. The Kier molecular flexibility index (Phi) is 7.58. The van der Waals surface area contributed by atoms with Gasteiger partial charge in [-0.05, 0) is 66.6 Å². The fourth-order valence-corrected chi connectivity index (χ4v) is 6.04. The van der Waals surface area contributed by atoms with E-state index < -0.39 is 34.2 Å². The SMILES string of the molecule is O=C(C[C@H]1C[C@@H]2c3cc(NS(=O)(=O)c4ccc(F)cc4)ccc3O[C@@H]2[C@@H](CO)O1)NCc1ccc(Cl)cc1. The molecule has 0 bridgehead atoms. The van der Waals surface area contributed by atoms with E-state index in [1.54, 1.807) is 30.3 Å². The summed E-state index contributed by atoms with van der Waals surface area (Å²) in [6.45, 7) is 0.0593. The van der Waals surface area contributed by atoms with Gasteiger partial charge in [0.1, 0.15) is 23.8 Å². The van der Waals surface area contributed by atoms with Gasteiger partial charge in [0, 0.05) is 28.7 Å². The largest absolute Gasteiger partial charge is 0.487 e. The van der Waals surface area contributed by atoms with Crippen LogP contribution in [0.25, 0.3) is 0 Å². The van der Waals surface area contributed by atoms with Crippen LogP contribution in [0.15, 0.2) is 71.6 Å². The molecule has 5 rings (SSSR count). The number of aliphatic hydroxyl groups is 1. The molecule has 2 aliphatic rings. The summed E-state index contributed by atoms with van der Waals surface area (Å²) in [4.78, 5) is 12.6. The van der Waals surface area contributed by atoms with Gasteiger partial charge in [0.15, 0.2) is 0 Å². The summed E-state index contributed by atoms with van der Waals surface area (Å²) in [6.07, 6.45) is -1.02. The van der Waals surface area contributed by atoms with Gasteiger partial charge in [-0.25, -0.2) is 12.8 Å². The number of halogens is 2. The molecule has 3 aromatic carbocycles. The lowest BCUT2D eigenvalue weighted by atomic mass is 9.84. The molecule has 0 radical (unpaired) electrons. The Bertz CT molecular complexity index is 1420. The predicted molar refractivity (Wildman–Crippen MR) is 139 cm³/mol. The Balaban J connectivity index is 1.28. The van der Waals surface area contributed by atoms with Gasteiger partial charge in [-0.15, -0.1) is 0 Å². The van der Waals surface area contributed by atoms with Crippen molar-refractivity contribution >= 4 is 33.2 Å². The van der Waals surface area contributed by atoms with E-state index in [4.69, 9.17) is 21.1 Å². The summed E-state index contributed by atoms with van der Waals surface area (Å²) in [5.74, 6) is -0.365. The van der Waals surface area contributed by atoms with Crippen molar-refractivity contribution in [3.8, 4) is 5.75 Å². The number of benzene rings is 3. The maximum absolute atomic E-state index is 13.2. The molecule has 0 spiro atoms. The Hall–Kier alpha value is -3.18. The molecule has 8 nitrogen and oxygen atoms in total. The number of carbonyl (C=O) groups is 1. The van der Waals surface area contributed by atoms with E-state index in [0.717, 1.165) is 23.3 Å². The fraction of sp³-hybridized carbons (Fsp3) is 0.296. The molecule has 0 aliphatic carbocycles. The van der Waals surface area contributed by atoms with E-state index in [1.165, 1.54) is 12.1 Å². The highest BCUT2D eigenvalue weighted by molar-refractivity contribution is 7.92. The molecule has 3 aromatic rings. The average Bonchev–Trinajstić information content (AvgIpc) is 3.26. The fourth-order valence-electron chi connectivity index (χ4n) is 4.86. The predicted octanol–water partition coefficient (Wildman–Crippen LogP) is 3.98. The molecule has 0 unspecified atom stereocenters. The summed E-state index contributed by atoms with van der Waals surface area (Å²) in [7, 11) is -3.93. The van der Waals surface area contributed by atoms with Crippen LogP contribution in [0.3, 0.4) is 0 Å². The second kappa shape index (κ2) is 10.9. The van der Waals surface area contributed by atoms with Gasteiger partial charge in [-0.3, -0.25) is 9.52 Å². The van der Waals surface area contributed by atoms with E-state index in [1.807, 2.05) is 12.1 Å². The number of nitrogens with one attached hydrogen (secondary N) is 2. The first-order chi connectivity index (χ1) is 18.2. The maximum Gasteiger partial charge on any atom is 0.261 e. The normalized spacial score (nSPS) is 22.2. The first kappa shape index (κ1) is 26.4. The van der Waals surface area contributed by atoms with Crippen LogP contribution in [0, 0.1) is 5.82 Å². The van der Waals surface area contributed by atoms with Gasteiger partial charge in [0.2, 0.25) is 5.91 Å². The maximum atomic E-state index is 13.2. The van der Waals surface area contributed by atoms with E-state index in [9.17, 15) is 22.7 Å². The second-order valence-electron chi connectivity index (χ2n) is 9.32. The van der Waals surface area contributed by atoms with Crippen molar-refractivity contribution in [3.05, 3.63) is 88.7 Å². The van der Waals surface area contributed by atoms with E-state index in [-0.39, 0.29) is 29.7 Å². The van der Waals surface area contributed by atoms with Crippen LogP contribution in [0.2, 0.25) is 5.02 Å². The topological polar surface area (TPSA) is 114 Å². The zero-order valence-corrected chi connectivity index (χ0v) is 21.7. The lowest BCUT2D eigenvalue weighted by molar-refractivity contribution is -0.142. The van der Waals surface area contributed by atoms with Crippen molar-refractivity contribution in [3.63, 3.8) is 0 Å². The Labute approximate surface area is 224 Å². The van der Waals surface area contributed by atoms with Crippen molar-refractivity contribution in [2.45, 2.75) is 48.5 Å². The first-order valence-corrected chi connectivity index (χ1v) is 13.9. The van der Waals surface area contributed by atoms with Crippen LogP contribution in [-0.4, -0.2) is 44.4 Å². The minimum absolute atomic E-state index is 0.0652. The summed E-state index contributed by atoms with van der Waals surface area (Å²) in [6, 6.07) is 16.7. The van der Waals surface area contributed by atoms with Gasteiger partial charge < -0.3 is 19.9 Å². The highest BCUT2D eigenvalue weighted by Crippen LogP contribution is 2.47. The molecular weight excluding hydrogens is 535 g/mol. The number of aliphatic hydroxyl groups excluding tert-OH is 1. The lowest BCUT2D eigenvalue weighted by Crippen LogP contribution is -2.47. The van der Waals surface area contributed by atoms with Crippen molar-refractivity contribution in [1.82, 2.24) is 5.32 Å². The summed E-state index contributed by atoms with van der Waals surface area (Å²) in [5, 5.41) is 13.5. The molecule has 2 heterocycles. The number of ether oxygens (including phenoxy) is 2. The highest BCUT2D eigenvalue weighted by Gasteiger charge is 2.46. The molecule has 200 valence electrons. The van der Waals surface area contributed by atoms with Crippen LogP contribution >= 0.6 is 11.6 Å².